The zero-order valence-corrected chi connectivity index (χ0v) is 10.6. The van der Waals surface area contributed by atoms with Gasteiger partial charge in [-0.05, 0) is 25.0 Å². The third-order valence-electron chi connectivity index (χ3n) is 2.19. The van der Waals surface area contributed by atoms with Gasteiger partial charge in [-0.25, -0.2) is 4.79 Å². The molecular formula is C14H17NO3. The fourth-order valence-electron chi connectivity index (χ4n) is 1.42. The quantitative estimate of drug-likeness (QED) is 0.637. The molecule has 0 bridgehead atoms. The molecule has 1 aromatic carbocycles. The van der Waals surface area contributed by atoms with Gasteiger partial charge in [-0.2, -0.15) is 0 Å². The molecule has 0 saturated carbocycles. The van der Waals surface area contributed by atoms with Gasteiger partial charge in [0.1, 0.15) is 5.70 Å². The summed E-state index contributed by atoms with van der Waals surface area (Å²) in [4.78, 5) is 22.6. The molecule has 1 N–H and O–H groups in total. The highest BCUT2D eigenvalue weighted by Gasteiger charge is 2.11. The van der Waals surface area contributed by atoms with Crippen molar-refractivity contribution >= 4 is 11.9 Å². The van der Waals surface area contributed by atoms with E-state index in [2.05, 4.69) is 5.32 Å². The molecule has 1 rings (SSSR count). The maximum atomic E-state index is 11.6. The van der Waals surface area contributed by atoms with Crippen molar-refractivity contribution in [2.24, 2.45) is 0 Å². The van der Waals surface area contributed by atoms with Crippen LogP contribution in [0.4, 0.5) is 0 Å². The van der Waals surface area contributed by atoms with E-state index in [1.54, 1.807) is 13.0 Å². The molecule has 0 aromatic heterocycles. The van der Waals surface area contributed by atoms with Gasteiger partial charge in [-0.1, -0.05) is 30.3 Å². The van der Waals surface area contributed by atoms with Gasteiger partial charge >= 0.3 is 5.97 Å². The van der Waals surface area contributed by atoms with Crippen LogP contribution in [-0.2, 0) is 20.7 Å². The first kappa shape index (κ1) is 14.0. The minimum atomic E-state index is -0.511. The van der Waals surface area contributed by atoms with E-state index in [9.17, 15) is 9.59 Å². The predicted octanol–water partition coefficient (Wildman–Crippen LogP) is 1.81. The maximum Gasteiger partial charge on any atom is 0.354 e. The SMILES string of the molecule is CCOC(=O)C(=CCc1ccccc1)NC(C)=O. The van der Waals surface area contributed by atoms with Crippen molar-refractivity contribution in [1.29, 1.82) is 0 Å². The summed E-state index contributed by atoms with van der Waals surface area (Å²) < 4.78 is 4.87. The molecule has 4 nitrogen and oxygen atoms in total. The molecule has 0 aliphatic rings. The maximum absolute atomic E-state index is 11.6. The summed E-state index contributed by atoms with van der Waals surface area (Å²) in [6.45, 7) is 3.36. The van der Waals surface area contributed by atoms with Gasteiger partial charge in [-0.15, -0.1) is 0 Å². The second kappa shape index (κ2) is 7.27. The lowest BCUT2D eigenvalue weighted by Gasteiger charge is -2.07. The number of esters is 1. The number of allylic oxidation sites excluding steroid dienone is 1. The first-order valence-electron chi connectivity index (χ1n) is 5.82. The Hall–Kier alpha value is -2.10. The third kappa shape index (κ3) is 4.82. The first-order valence-corrected chi connectivity index (χ1v) is 5.82. The zero-order valence-electron chi connectivity index (χ0n) is 10.6. The third-order valence-corrected chi connectivity index (χ3v) is 2.19. The van der Waals surface area contributed by atoms with Gasteiger partial charge < -0.3 is 10.1 Å². The zero-order chi connectivity index (χ0) is 13.4. The van der Waals surface area contributed by atoms with E-state index < -0.39 is 5.97 Å². The van der Waals surface area contributed by atoms with Gasteiger partial charge in [0.15, 0.2) is 0 Å². The monoisotopic (exact) mass is 247 g/mol. The Balaban J connectivity index is 2.75. The molecule has 1 aromatic rings. The summed E-state index contributed by atoms with van der Waals surface area (Å²) in [7, 11) is 0. The molecule has 0 fully saturated rings. The van der Waals surface area contributed by atoms with Crippen molar-refractivity contribution in [2.45, 2.75) is 20.3 Å². The summed E-state index contributed by atoms with van der Waals surface area (Å²) in [5.74, 6) is -0.800. The van der Waals surface area contributed by atoms with Crippen LogP contribution in [0.1, 0.15) is 19.4 Å². The van der Waals surface area contributed by atoms with Gasteiger partial charge in [0.2, 0.25) is 5.91 Å². The fraction of sp³-hybridized carbons (Fsp3) is 0.286. The van der Waals surface area contributed by atoms with Crippen molar-refractivity contribution in [1.82, 2.24) is 5.32 Å². The predicted molar refractivity (Wildman–Crippen MR) is 68.7 cm³/mol. The van der Waals surface area contributed by atoms with Gasteiger partial charge in [0, 0.05) is 6.92 Å². The van der Waals surface area contributed by atoms with Gasteiger partial charge in [-0.3, -0.25) is 4.79 Å². The van der Waals surface area contributed by atoms with Crippen molar-refractivity contribution in [3.05, 3.63) is 47.7 Å². The lowest BCUT2D eigenvalue weighted by atomic mass is 10.1. The standard InChI is InChI=1S/C14H17NO3/c1-3-18-14(17)13(15-11(2)16)10-9-12-7-5-4-6-8-12/h4-8,10H,3,9H2,1-2H3,(H,15,16). The van der Waals surface area contributed by atoms with E-state index in [0.717, 1.165) is 5.56 Å². The minimum Gasteiger partial charge on any atom is -0.461 e. The Bertz CT molecular complexity index is 438. The summed E-state index contributed by atoms with van der Waals surface area (Å²) >= 11 is 0. The normalized spacial score (nSPS) is 10.9. The van der Waals surface area contributed by atoms with Crippen LogP contribution in [0.5, 0.6) is 0 Å². The molecule has 0 spiro atoms. The Morgan fingerprint density at radius 1 is 1.28 bits per heavy atom. The van der Waals surface area contributed by atoms with Crippen molar-refractivity contribution in [3.8, 4) is 0 Å². The van der Waals surface area contributed by atoms with Crippen LogP contribution >= 0.6 is 0 Å². The van der Waals surface area contributed by atoms with E-state index in [1.807, 2.05) is 30.3 Å². The molecule has 1 amide bonds. The molecule has 0 heterocycles. The average molecular weight is 247 g/mol. The van der Waals surface area contributed by atoms with Crippen LogP contribution in [0.25, 0.3) is 0 Å². The number of carbonyl (C=O) groups excluding carboxylic acids is 2. The van der Waals surface area contributed by atoms with Gasteiger partial charge in [0.05, 0.1) is 6.61 Å². The second-order valence-corrected chi connectivity index (χ2v) is 3.71. The summed E-state index contributed by atoms with van der Waals surface area (Å²) in [6.07, 6.45) is 2.23. The van der Waals surface area contributed by atoms with Crippen LogP contribution in [0, 0.1) is 0 Å². The average Bonchev–Trinajstić information content (AvgIpc) is 2.35. The molecule has 0 aliphatic heterocycles. The van der Waals surface area contributed by atoms with E-state index in [-0.39, 0.29) is 18.2 Å². The lowest BCUT2D eigenvalue weighted by molar-refractivity contribution is -0.140. The van der Waals surface area contributed by atoms with Crippen LogP contribution in [-0.4, -0.2) is 18.5 Å². The van der Waals surface area contributed by atoms with Crippen LogP contribution < -0.4 is 5.32 Å². The number of ether oxygens (including phenoxy) is 1. The topological polar surface area (TPSA) is 55.4 Å². The first-order chi connectivity index (χ1) is 8.63. The minimum absolute atomic E-state index is 0.188. The number of carbonyl (C=O) groups is 2. The number of rotatable bonds is 5. The number of benzene rings is 1. The molecule has 0 saturated heterocycles. The Kier molecular flexibility index (Phi) is 5.64. The van der Waals surface area contributed by atoms with Crippen LogP contribution in [0.2, 0.25) is 0 Å². The van der Waals surface area contributed by atoms with E-state index >= 15 is 0 Å². The van der Waals surface area contributed by atoms with E-state index in [0.29, 0.717) is 6.42 Å². The fourth-order valence-corrected chi connectivity index (χ4v) is 1.42. The highest BCUT2D eigenvalue weighted by Crippen LogP contribution is 2.03. The second-order valence-electron chi connectivity index (χ2n) is 3.71. The molecule has 0 aliphatic carbocycles. The Labute approximate surface area is 107 Å². The summed E-state index contributed by atoms with van der Waals surface area (Å²) in [5, 5.41) is 2.48. The van der Waals surface area contributed by atoms with E-state index in [1.165, 1.54) is 6.92 Å². The number of amides is 1. The van der Waals surface area contributed by atoms with Gasteiger partial charge in [0.25, 0.3) is 0 Å². The molecule has 96 valence electrons. The molecule has 0 atom stereocenters. The molecular weight excluding hydrogens is 230 g/mol. The molecule has 0 unspecified atom stereocenters. The number of nitrogens with one attached hydrogen (secondary N) is 1. The van der Waals surface area contributed by atoms with Crippen LogP contribution in [0.15, 0.2) is 42.1 Å². The van der Waals surface area contributed by atoms with Crippen LogP contribution in [0.3, 0.4) is 0 Å². The highest BCUT2D eigenvalue weighted by atomic mass is 16.5. The van der Waals surface area contributed by atoms with E-state index in [4.69, 9.17) is 4.74 Å². The van der Waals surface area contributed by atoms with Crippen molar-refractivity contribution < 1.29 is 14.3 Å². The van der Waals surface area contributed by atoms with Crippen molar-refractivity contribution in [2.75, 3.05) is 6.61 Å². The molecule has 0 radical (unpaired) electrons. The largest absolute Gasteiger partial charge is 0.461 e. The molecule has 4 heteroatoms. The number of hydrogen-bond donors (Lipinski definition) is 1. The smallest absolute Gasteiger partial charge is 0.354 e. The highest BCUT2D eigenvalue weighted by molar-refractivity contribution is 5.93. The summed E-state index contributed by atoms with van der Waals surface area (Å²) in [6, 6.07) is 9.67. The lowest BCUT2D eigenvalue weighted by Crippen LogP contribution is -2.26. The Morgan fingerprint density at radius 2 is 1.94 bits per heavy atom. The number of hydrogen-bond acceptors (Lipinski definition) is 3. The summed E-state index contributed by atoms with van der Waals surface area (Å²) in [5.41, 5.74) is 1.25. The van der Waals surface area contributed by atoms with Crippen molar-refractivity contribution in [3.63, 3.8) is 0 Å². The Morgan fingerprint density at radius 3 is 2.50 bits per heavy atom. The molecule has 18 heavy (non-hydrogen) atoms.